The highest BCUT2D eigenvalue weighted by atomic mass is 35.5. The van der Waals surface area contributed by atoms with Crippen molar-refractivity contribution in [1.29, 1.82) is 0 Å². The molecule has 11 nitrogen and oxygen atoms in total. The minimum Gasteiger partial charge on any atom is -0.479 e. The molecule has 45 heavy (non-hydrogen) atoms. The first-order chi connectivity index (χ1) is 20.9. The Balaban J connectivity index is 0.000000477. The predicted molar refractivity (Wildman–Crippen MR) is 151 cm³/mol. The fourth-order valence-electron chi connectivity index (χ4n) is 4.52. The molecule has 2 heterocycles. The molecule has 0 aliphatic carbocycles. The lowest BCUT2D eigenvalue weighted by atomic mass is 9.93. The smallest absolute Gasteiger partial charge is 0.479 e. The first-order valence-electron chi connectivity index (χ1n) is 13.1. The molecular formula is C29H28ClF4N3O8. The number of alkyl halides is 3. The average Bonchev–Trinajstić information content (AvgIpc) is 3.27. The van der Waals surface area contributed by atoms with Crippen molar-refractivity contribution >= 4 is 35.1 Å². The Morgan fingerprint density at radius 2 is 1.62 bits per heavy atom. The lowest BCUT2D eigenvalue weighted by Crippen LogP contribution is -2.47. The number of nitrogens with one attached hydrogen (secondary N) is 1. The Labute approximate surface area is 258 Å². The summed E-state index contributed by atoms with van der Waals surface area (Å²) < 4.78 is 55.6. The number of anilines is 1. The van der Waals surface area contributed by atoms with Crippen LogP contribution in [0.15, 0.2) is 66.9 Å². The molecule has 242 valence electrons. The largest absolute Gasteiger partial charge is 0.573 e. The van der Waals surface area contributed by atoms with Crippen LogP contribution < -0.4 is 15.0 Å². The van der Waals surface area contributed by atoms with Crippen LogP contribution in [0, 0.1) is 5.82 Å². The van der Waals surface area contributed by atoms with E-state index in [-0.39, 0.29) is 5.91 Å². The summed E-state index contributed by atoms with van der Waals surface area (Å²) in [6.07, 6.45) is -7.43. The second-order valence-electron chi connectivity index (χ2n) is 10.3. The van der Waals surface area contributed by atoms with Crippen LogP contribution in [0.1, 0.15) is 37.4 Å². The Bertz CT molecular complexity index is 1490. The summed E-state index contributed by atoms with van der Waals surface area (Å²) in [6, 6.07) is 13.2. The topological polar surface area (TPSA) is 170 Å². The van der Waals surface area contributed by atoms with Crippen LogP contribution in [0.5, 0.6) is 5.75 Å². The highest BCUT2D eigenvalue weighted by Crippen LogP contribution is 2.39. The van der Waals surface area contributed by atoms with Gasteiger partial charge in [0.2, 0.25) is 5.91 Å². The van der Waals surface area contributed by atoms with E-state index in [1.165, 1.54) is 29.2 Å². The van der Waals surface area contributed by atoms with Crippen molar-refractivity contribution in [3.05, 3.63) is 89.0 Å². The van der Waals surface area contributed by atoms with Crippen molar-refractivity contribution in [3.63, 3.8) is 0 Å². The molecule has 0 spiro atoms. The van der Waals surface area contributed by atoms with Gasteiger partial charge in [0.05, 0.1) is 12.1 Å². The summed E-state index contributed by atoms with van der Waals surface area (Å²) in [4.78, 5) is 38.7. The Hall–Kier alpha value is -4.31. The second-order valence-corrected chi connectivity index (χ2v) is 10.7. The van der Waals surface area contributed by atoms with Crippen LogP contribution in [-0.4, -0.2) is 67.9 Å². The van der Waals surface area contributed by atoms with Gasteiger partial charge in [-0.05, 0) is 73.9 Å². The van der Waals surface area contributed by atoms with Gasteiger partial charge in [0.15, 0.2) is 12.2 Å². The average molecular weight is 658 g/mol. The molecule has 0 saturated carbocycles. The fourth-order valence-corrected chi connectivity index (χ4v) is 4.63. The van der Waals surface area contributed by atoms with E-state index >= 15 is 0 Å². The van der Waals surface area contributed by atoms with E-state index in [0.29, 0.717) is 22.8 Å². The maximum absolute atomic E-state index is 14.0. The van der Waals surface area contributed by atoms with E-state index < -0.39 is 59.7 Å². The fraction of sp³-hybridized carbons (Fsp3) is 0.310. The van der Waals surface area contributed by atoms with Crippen LogP contribution in [-0.2, 0) is 19.9 Å². The molecule has 3 aromatic rings. The van der Waals surface area contributed by atoms with E-state index in [1.54, 1.807) is 24.4 Å². The molecule has 0 radical (unpaired) electrons. The summed E-state index contributed by atoms with van der Waals surface area (Å²) in [7, 11) is 0. The maximum Gasteiger partial charge on any atom is 0.573 e. The number of carbonyl (C=O) groups excluding carboxylic acids is 1. The summed E-state index contributed by atoms with van der Waals surface area (Å²) in [5.41, 5.74) is 1.09. The predicted octanol–water partition coefficient (Wildman–Crippen LogP) is 4.02. The number of carboxylic acids is 2. The number of nitrogens with zero attached hydrogens (tertiary/aromatic N) is 2. The molecule has 1 aliphatic heterocycles. The molecule has 2 aromatic carbocycles. The molecule has 1 fully saturated rings. The molecule has 4 atom stereocenters. The van der Waals surface area contributed by atoms with E-state index in [0.717, 1.165) is 17.7 Å². The van der Waals surface area contributed by atoms with Crippen LogP contribution in [0.25, 0.3) is 0 Å². The van der Waals surface area contributed by atoms with Gasteiger partial charge in [-0.3, -0.25) is 10.1 Å². The number of aliphatic hydroxyl groups excluding tert-OH is 2. The summed E-state index contributed by atoms with van der Waals surface area (Å²) in [5.74, 6) is -4.68. The number of aromatic nitrogens is 1. The standard InChI is InChI=1S/C25H22ClF4N3O2.C4H6O6/c1-24(2,16-6-11-22(26)31-14-16)32-20-13-21(15-4-3-5-17(27)12-15)33(23(20)34)18-7-9-19(10-8-18)35-25(28,29)30;5-1(3(7)8)2(6)4(9)10/h3-12,14,20-21,32H,13H2,1-2H3;1-2,5-6H,(H,7,8)(H,9,10)/t20-,21-;1-,2-/m11/s1. The van der Waals surface area contributed by atoms with E-state index in [9.17, 15) is 31.9 Å². The lowest BCUT2D eigenvalue weighted by Gasteiger charge is -2.30. The number of hydrogen-bond donors (Lipinski definition) is 5. The zero-order valence-corrected chi connectivity index (χ0v) is 24.3. The van der Waals surface area contributed by atoms with Gasteiger partial charge in [-0.15, -0.1) is 13.2 Å². The maximum atomic E-state index is 14.0. The number of hydrogen-bond acceptors (Lipinski definition) is 8. The molecule has 16 heteroatoms. The molecule has 1 aromatic heterocycles. The van der Waals surface area contributed by atoms with Gasteiger partial charge < -0.3 is 30.1 Å². The zero-order valence-electron chi connectivity index (χ0n) is 23.6. The third-order valence-electron chi connectivity index (χ3n) is 6.68. The Morgan fingerprint density at radius 3 is 2.11 bits per heavy atom. The second kappa shape index (κ2) is 14.2. The van der Waals surface area contributed by atoms with Crippen LogP contribution in [0.3, 0.4) is 0 Å². The zero-order chi connectivity index (χ0) is 33.7. The number of pyridine rings is 1. The van der Waals surface area contributed by atoms with Crippen molar-refractivity contribution < 1.29 is 57.1 Å². The minimum atomic E-state index is -4.83. The normalized spacial score (nSPS) is 18.1. The van der Waals surface area contributed by atoms with Crippen LogP contribution in [0.2, 0.25) is 5.15 Å². The molecule has 4 rings (SSSR count). The first kappa shape index (κ1) is 35.2. The van der Waals surface area contributed by atoms with Crippen molar-refractivity contribution in [3.8, 4) is 5.75 Å². The molecule has 1 aliphatic rings. The third-order valence-corrected chi connectivity index (χ3v) is 6.90. The highest BCUT2D eigenvalue weighted by molar-refractivity contribution is 6.29. The van der Waals surface area contributed by atoms with E-state index in [4.69, 9.17) is 32.0 Å². The molecule has 1 saturated heterocycles. The summed E-state index contributed by atoms with van der Waals surface area (Å²) >= 11 is 5.89. The van der Waals surface area contributed by atoms with Crippen molar-refractivity contribution in [2.24, 2.45) is 0 Å². The SMILES string of the molecule is CC(C)(N[C@@H]1C[C@H](c2cccc(F)c2)N(c2ccc(OC(F)(F)F)cc2)C1=O)c1ccc(Cl)nc1.O=C(O)[C@H](O)[C@@H](O)C(=O)O. The number of aliphatic hydroxyl groups is 2. The lowest BCUT2D eigenvalue weighted by molar-refractivity contribution is -0.274. The molecule has 0 unspecified atom stereocenters. The number of carboxylic acid groups (broad SMARTS) is 2. The first-order valence-corrected chi connectivity index (χ1v) is 13.4. The Kier molecular flexibility index (Phi) is 11.1. The molecule has 0 bridgehead atoms. The van der Waals surface area contributed by atoms with Crippen LogP contribution >= 0.6 is 11.6 Å². The van der Waals surface area contributed by atoms with Gasteiger partial charge in [0, 0.05) is 17.4 Å². The summed E-state index contributed by atoms with van der Waals surface area (Å²) in [5, 5.41) is 36.2. The number of halogens is 5. The van der Waals surface area contributed by atoms with Gasteiger partial charge in [-0.2, -0.15) is 0 Å². The monoisotopic (exact) mass is 657 g/mol. The van der Waals surface area contributed by atoms with Crippen molar-refractivity contribution in [1.82, 2.24) is 10.3 Å². The van der Waals surface area contributed by atoms with Crippen LogP contribution in [0.4, 0.5) is 23.2 Å². The van der Waals surface area contributed by atoms with Gasteiger partial charge in [-0.1, -0.05) is 29.8 Å². The number of amides is 1. The van der Waals surface area contributed by atoms with Crippen molar-refractivity contribution in [2.75, 3.05) is 4.90 Å². The molecule has 1 amide bonds. The van der Waals surface area contributed by atoms with E-state index in [1.807, 2.05) is 19.9 Å². The Morgan fingerprint density at radius 1 is 1.02 bits per heavy atom. The van der Waals surface area contributed by atoms with Gasteiger partial charge in [-0.25, -0.2) is 19.0 Å². The number of ether oxygens (including phenoxy) is 1. The van der Waals surface area contributed by atoms with Gasteiger partial charge in [0.25, 0.3) is 0 Å². The molecular weight excluding hydrogens is 630 g/mol. The molecule has 5 N–H and O–H groups in total. The van der Waals surface area contributed by atoms with Crippen molar-refractivity contribution in [2.45, 2.75) is 56.5 Å². The quantitative estimate of drug-likeness (QED) is 0.167. The van der Waals surface area contributed by atoms with E-state index in [2.05, 4.69) is 15.0 Å². The summed E-state index contributed by atoms with van der Waals surface area (Å²) in [6.45, 7) is 3.79. The van der Waals surface area contributed by atoms with Gasteiger partial charge in [0.1, 0.15) is 16.7 Å². The minimum absolute atomic E-state index is 0.293. The number of benzene rings is 2. The number of aliphatic carboxylic acids is 2. The number of carbonyl (C=O) groups is 3. The highest BCUT2D eigenvalue weighted by Gasteiger charge is 2.43. The third kappa shape index (κ3) is 9.34. The van der Waals surface area contributed by atoms with Gasteiger partial charge >= 0.3 is 18.3 Å². The number of rotatable bonds is 9.